The minimum atomic E-state index is 0.332. The van der Waals surface area contributed by atoms with Gasteiger partial charge in [0, 0.05) is 10.0 Å². The molecule has 0 spiro atoms. The van der Waals surface area contributed by atoms with E-state index < -0.39 is 0 Å². The number of hydrogen-bond acceptors (Lipinski definition) is 4. The molecule has 0 amide bonds. The average Bonchev–Trinajstić information content (AvgIpc) is 2.89. The zero-order chi connectivity index (χ0) is 13.2. The third-order valence-corrected chi connectivity index (χ3v) is 3.27. The summed E-state index contributed by atoms with van der Waals surface area (Å²) in [6.07, 6.45) is 1.58. The monoisotopic (exact) mass is 333 g/mol. The van der Waals surface area contributed by atoms with Gasteiger partial charge in [-0.2, -0.15) is 5.10 Å². The smallest absolute Gasteiger partial charge is 0.214 e. The fourth-order valence-corrected chi connectivity index (χ4v) is 2.09. The maximum atomic E-state index is 5.77. The molecule has 0 fully saturated rings. The molecule has 0 aliphatic carbocycles. The van der Waals surface area contributed by atoms with Gasteiger partial charge in [0.15, 0.2) is 5.76 Å². The molecule has 0 bridgehead atoms. The lowest BCUT2D eigenvalue weighted by Gasteiger charge is -1.97. The van der Waals surface area contributed by atoms with E-state index in [-0.39, 0.29) is 0 Å². The molecule has 2 heterocycles. The zero-order valence-corrected chi connectivity index (χ0v) is 12.0. The van der Waals surface area contributed by atoms with Crippen LogP contribution in [0, 0.1) is 4.77 Å². The predicted octanol–water partition coefficient (Wildman–Crippen LogP) is 4.22. The van der Waals surface area contributed by atoms with Gasteiger partial charge in [-0.15, -0.1) is 0 Å². The summed E-state index contributed by atoms with van der Waals surface area (Å²) in [4.78, 5) is 4.16. The number of aromatic amines is 1. The van der Waals surface area contributed by atoms with Crippen LogP contribution >= 0.6 is 28.1 Å². The summed E-state index contributed by atoms with van der Waals surface area (Å²) >= 11 is 8.34. The van der Waals surface area contributed by atoms with Crippen molar-refractivity contribution in [1.29, 1.82) is 0 Å². The first kappa shape index (κ1) is 12.3. The molecule has 3 aromatic rings. The van der Waals surface area contributed by atoms with E-state index in [1.54, 1.807) is 6.20 Å². The number of nitrogens with one attached hydrogen (secondary N) is 1. The summed E-state index contributed by atoms with van der Waals surface area (Å²) in [5.41, 5.74) is 1.62. The molecule has 94 valence electrons. The van der Waals surface area contributed by atoms with Crippen LogP contribution in [-0.2, 0) is 0 Å². The van der Waals surface area contributed by atoms with Gasteiger partial charge in [0.1, 0.15) is 11.5 Å². The van der Waals surface area contributed by atoms with E-state index in [1.807, 2.05) is 36.4 Å². The Labute approximate surface area is 122 Å². The van der Waals surface area contributed by atoms with Gasteiger partial charge in [0.25, 0.3) is 0 Å². The molecule has 0 saturated heterocycles. The molecule has 0 aliphatic rings. The number of hydrogen-bond donors (Lipinski definition) is 1. The Morgan fingerprint density at radius 2 is 1.79 bits per heavy atom. The molecule has 2 aromatic heterocycles. The van der Waals surface area contributed by atoms with Crippen molar-refractivity contribution in [2.24, 2.45) is 0 Å². The molecule has 4 nitrogen and oxygen atoms in total. The van der Waals surface area contributed by atoms with E-state index in [4.69, 9.17) is 16.6 Å². The van der Waals surface area contributed by atoms with Crippen molar-refractivity contribution in [3.05, 3.63) is 51.8 Å². The highest BCUT2D eigenvalue weighted by Crippen LogP contribution is 2.27. The van der Waals surface area contributed by atoms with E-state index in [1.165, 1.54) is 0 Å². The van der Waals surface area contributed by atoms with E-state index >= 15 is 0 Å². The van der Waals surface area contributed by atoms with Crippen molar-refractivity contribution >= 4 is 28.1 Å². The van der Waals surface area contributed by atoms with Crippen molar-refractivity contribution < 1.29 is 4.42 Å². The quantitative estimate of drug-likeness (QED) is 0.713. The molecule has 1 aromatic carbocycles. The first-order valence-corrected chi connectivity index (χ1v) is 6.70. The number of aromatic nitrogens is 3. The predicted molar refractivity (Wildman–Crippen MR) is 78.1 cm³/mol. The van der Waals surface area contributed by atoms with Crippen LogP contribution in [-0.4, -0.2) is 15.2 Å². The summed E-state index contributed by atoms with van der Waals surface area (Å²) in [6, 6.07) is 11.7. The van der Waals surface area contributed by atoms with Crippen molar-refractivity contribution in [3.8, 4) is 22.8 Å². The second kappa shape index (κ2) is 5.07. The fourth-order valence-electron chi connectivity index (χ4n) is 1.68. The number of furan rings is 1. The number of rotatable bonds is 2. The molecule has 0 atom stereocenters. The highest BCUT2D eigenvalue weighted by Gasteiger charge is 2.08. The normalized spacial score (nSPS) is 10.6. The van der Waals surface area contributed by atoms with Gasteiger partial charge in [-0.1, -0.05) is 28.1 Å². The Balaban J connectivity index is 1.99. The van der Waals surface area contributed by atoms with Crippen LogP contribution in [0.5, 0.6) is 0 Å². The third kappa shape index (κ3) is 2.64. The van der Waals surface area contributed by atoms with Gasteiger partial charge in [-0.3, -0.25) is 5.10 Å². The molecular weight excluding hydrogens is 326 g/mol. The van der Waals surface area contributed by atoms with Crippen molar-refractivity contribution in [3.63, 3.8) is 0 Å². The number of halogens is 1. The largest absolute Gasteiger partial charge is 0.454 e. The molecule has 1 N–H and O–H groups in total. The van der Waals surface area contributed by atoms with Crippen LogP contribution in [0.15, 0.2) is 51.5 Å². The second-order valence-corrected chi connectivity index (χ2v) is 5.15. The molecule has 3 rings (SSSR count). The van der Waals surface area contributed by atoms with Gasteiger partial charge >= 0.3 is 0 Å². The topological polar surface area (TPSA) is 54.7 Å². The van der Waals surface area contributed by atoms with Crippen LogP contribution in [0.25, 0.3) is 22.8 Å². The molecule has 0 unspecified atom stereocenters. The van der Waals surface area contributed by atoms with E-state index in [0.29, 0.717) is 16.2 Å². The van der Waals surface area contributed by atoms with Crippen LogP contribution in [0.2, 0.25) is 0 Å². The van der Waals surface area contributed by atoms with E-state index in [2.05, 4.69) is 31.1 Å². The molecule has 19 heavy (non-hydrogen) atoms. The highest BCUT2D eigenvalue weighted by molar-refractivity contribution is 9.10. The van der Waals surface area contributed by atoms with Crippen LogP contribution < -0.4 is 0 Å². The van der Waals surface area contributed by atoms with Gasteiger partial charge in [-0.25, -0.2) is 4.98 Å². The Bertz CT molecular complexity index is 764. The molecular formula is C13H8BrN3OS. The Morgan fingerprint density at radius 3 is 2.53 bits per heavy atom. The SMILES string of the molecule is S=c1nc(-c2ccc(-c3ccc(Br)cc3)o2)cn[nH]1. The average molecular weight is 334 g/mol. The maximum absolute atomic E-state index is 5.77. The summed E-state index contributed by atoms with van der Waals surface area (Å²) < 4.78 is 7.14. The van der Waals surface area contributed by atoms with Gasteiger partial charge in [0.2, 0.25) is 4.77 Å². The fraction of sp³-hybridized carbons (Fsp3) is 0. The Morgan fingerprint density at radius 1 is 1.05 bits per heavy atom. The molecule has 0 saturated carbocycles. The van der Waals surface area contributed by atoms with Crippen molar-refractivity contribution in [2.45, 2.75) is 0 Å². The first-order valence-electron chi connectivity index (χ1n) is 5.50. The highest BCUT2D eigenvalue weighted by atomic mass is 79.9. The molecule has 6 heteroatoms. The second-order valence-electron chi connectivity index (χ2n) is 3.84. The van der Waals surface area contributed by atoms with Crippen LogP contribution in [0.4, 0.5) is 0 Å². The van der Waals surface area contributed by atoms with Crippen molar-refractivity contribution in [2.75, 3.05) is 0 Å². The summed E-state index contributed by atoms with van der Waals surface area (Å²) in [7, 11) is 0. The lowest BCUT2D eigenvalue weighted by atomic mass is 10.2. The van der Waals surface area contributed by atoms with Crippen LogP contribution in [0.1, 0.15) is 0 Å². The molecule has 0 radical (unpaired) electrons. The summed E-state index contributed by atoms with van der Waals surface area (Å²) in [5, 5.41) is 6.49. The van der Waals surface area contributed by atoms with Crippen LogP contribution in [0.3, 0.4) is 0 Å². The first-order chi connectivity index (χ1) is 9.22. The minimum Gasteiger partial charge on any atom is -0.454 e. The lowest BCUT2D eigenvalue weighted by molar-refractivity contribution is 0.593. The van der Waals surface area contributed by atoms with E-state index in [9.17, 15) is 0 Å². The maximum Gasteiger partial charge on any atom is 0.214 e. The zero-order valence-electron chi connectivity index (χ0n) is 9.63. The molecule has 0 aliphatic heterocycles. The van der Waals surface area contributed by atoms with Gasteiger partial charge < -0.3 is 4.42 Å². The van der Waals surface area contributed by atoms with Gasteiger partial charge in [0.05, 0.1) is 6.20 Å². The minimum absolute atomic E-state index is 0.332. The third-order valence-electron chi connectivity index (χ3n) is 2.56. The van der Waals surface area contributed by atoms with E-state index in [0.717, 1.165) is 15.8 Å². The number of benzene rings is 1. The Kier molecular flexibility index (Phi) is 3.27. The number of H-pyrrole nitrogens is 1. The van der Waals surface area contributed by atoms with Crippen molar-refractivity contribution in [1.82, 2.24) is 15.2 Å². The Hall–Kier alpha value is -1.79. The number of nitrogens with zero attached hydrogens (tertiary/aromatic N) is 2. The summed E-state index contributed by atoms with van der Waals surface area (Å²) in [5.74, 6) is 1.42. The van der Waals surface area contributed by atoms with Gasteiger partial charge in [-0.05, 0) is 36.5 Å². The standard InChI is InChI=1S/C13H8BrN3OS/c14-9-3-1-8(2-4-9)11-5-6-12(18-11)10-7-15-17-13(19)16-10/h1-7H,(H,16,17,19). The lowest BCUT2D eigenvalue weighted by Crippen LogP contribution is -1.88. The summed E-state index contributed by atoms with van der Waals surface area (Å²) in [6.45, 7) is 0.